The standard InChI is InChI=1S/C43H44F4O10/c44-32-20-38(52-15-3-1-13-50-22-30-24-54-30)34(46)18-26(32)7-11-40(48)56-36-9-10-37(43-29-6-5-28(17-29)42(36)43)57-41(49)12-8-27-19-35(47)39(21-33(27)45)53-16-4-2-14-51-23-31-25-55-31/h7-12,18-21,28-31H,1-6,13-17,22-25H2/b11-7+,12-8+. The number of ether oxygens (including phenoxy) is 8. The summed E-state index contributed by atoms with van der Waals surface area (Å²) in [6.45, 7) is 3.96. The van der Waals surface area contributed by atoms with Gasteiger partial charge in [0.2, 0.25) is 0 Å². The molecule has 1 saturated carbocycles. The van der Waals surface area contributed by atoms with Gasteiger partial charge in [0.25, 0.3) is 0 Å². The Morgan fingerprint density at radius 2 is 1.02 bits per heavy atom. The molecule has 0 N–H and O–H groups in total. The molecule has 0 radical (unpaired) electrons. The van der Waals surface area contributed by atoms with Crippen LogP contribution in [0, 0.1) is 23.3 Å². The lowest BCUT2D eigenvalue weighted by Crippen LogP contribution is -2.12. The molecule has 3 aromatic rings. The second-order valence-corrected chi connectivity index (χ2v) is 14.4. The second-order valence-electron chi connectivity index (χ2n) is 14.4. The van der Waals surface area contributed by atoms with Gasteiger partial charge in [0, 0.05) is 59.8 Å². The first-order chi connectivity index (χ1) is 27.7. The van der Waals surface area contributed by atoms with E-state index in [0.717, 1.165) is 92.2 Å². The van der Waals surface area contributed by atoms with Crippen molar-refractivity contribution in [2.75, 3.05) is 52.9 Å². The van der Waals surface area contributed by atoms with Gasteiger partial charge in [-0.2, -0.15) is 0 Å². The summed E-state index contributed by atoms with van der Waals surface area (Å²) >= 11 is 0. The smallest absolute Gasteiger partial charge is 0.336 e. The quantitative estimate of drug-likeness (QED) is 0.0248. The lowest BCUT2D eigenvalue weighted by atomic mass is 9.90. The molecule has 57 heavy (non-hydrogen) atoms. The summed E-state index contributed by atoms with van der Waals surface area (Å²) < 4.78 is 102. The van der Waals surface area contributed by atoms with Gasteiger partial charge in [0.15, 0.2) is 23.1 Å². The molecule has 7 rings (SSSR count). The molecule has 0 spiro atoms. The zero-order valence-electron chi connectivity index (χ0n) is 31.3. The predicted octanol–water partition coefficient (Wildman–Crippen LogP) is 7.99. The van der Waals surface area contributed by atoms with E-state index in [2.05, 4.69) is 0 Å². The molecule has 4 atom stereocenters. The monoisotopic (exact) mass is 796 g/mol. The van der Waals surface area contributed by atoms with Crippen LogP contribution in [0.2, 0.25) is 0 Å². The maximum absolute atomic E-state index is 14.8. The number of carbonyl (C=O) groups is 2. The van der Waals surface area contributed by atoms with Gasteiger partial charge in [-0.15, -0.1) is 0 Å². The molecular weight excluding hydrogens is 752 g/mol. The molecule has 14 heteroatoms. The molecule has 2 bridgehead atoms. The predicted molar refractivity (Wildman–Crippen MR) is 198 cm³/mol. The summed E-state index contributed by atoms with van der Waals surface area (Å²) in [4.78, 5) is 25.8. The van der Waals surface area contributed by atoms with E-state index in [1.54, 1.807) is 0 Å². The highest BCUT2D eigenvalue weighted by Gasteiger charge is 2.42. The summed E-state index contributed by atoms with van der Waals surface area (Å²) in [6.07, 6.45) is 9.71. The molecule has 4 unspecified atom stereocenters. The van der Waals surface area contributed by atoms with E-state index in [1.807, 2.05) is 0 Å². The number of benzene rings is 3. The summed E-state index contributed by atoms with van der Waals surface area (Å²) in [6, 6.07) is 6.80. The fraction of sp³-hybridized carbons (Fsp3) is 0.442. The summed E-state index contributed by atoms with van der Waals surface area (Å²) in [7, 11) is 0. The Kier molecular flexibility index (Phi) is 13.6. The van der Waals surface area contributed by atoms with E-state index in [-0.39, 0.29) is 71.4 Å². The van der Waals surface area contributed by atoms with Crippen LogP contribution in [-0.2, 0) is 28.5 Å². The Balaban J connectivity index is 0.909. The van der Waals surface area contributed by atoms with Crippen molar-refractivity contribution in [1.29, 1.82) is 0 Å². The van der Waals surface area contributed by atoms with Gasteiger partial charge in [-0.25, -0.2) is 27.2 Å². The molecule has 0 amide bonds. The van der Waals surface area contributed by atoms with Crippen LogP contribution in [0.4, 0.5) is 17.6 Å². The minimum Gasteiger partial charge on any atom is -0.490 e. The van der Waals surface area contributed by atoms with Gasteiger partial charge < -0.3 is 37.9 Å². The number of hydrogen-bond donors (Lipinski definition) is 0. The molecule has 4 aliphatic rings. The molecule has 2 aliphatic carbocycles. The van der Waals surface area contributed by atoms with Gasteiger partial charge in [-0.1, -0.05) is 0 Å². The zero-order valence-corrected chi connectivity index (χ0v) is 31.3. The van der Waals surface area contributed by atoms with Crippen molar-refractivity contribution in [3.63, 3.8) is 0 Å². The minimum atomic E-state index is -0.807. The molecule has 2 heterocycles. The first-order valence-corrected chi connectivity index (χ1v) is 19.3. The Labute approximate surface area is 327 Å². The third-order valence-corrected chi connectivity index (χ3v) is 10.1. The highest BCUT2D eigenvalue weighted by Crippen LogP contribution is 2.58. The van der Waals surface area contributed by atoms with E-state index in [9.17, 15) is 27.2 Å². The van der Waals surface area contributed by atoms with Crippen molar-refractivity contribution in [3.8, 4) is 23.0 Å². The van der Waals surface area contributed by atoms with Crippen LogP contribution in [0.5, 0.6) is 23.0 Å². The van der Waals surface area contributed by atoms with Gasteiger partial charge in [0.05, 0.1) is 39.6 Å². The van der Waals surface area contributed by atoms with E-state index in [1.165, 1.54) is 12.1 Å². The lowest BCUT2D eigenvalue weighted by Gasteiger charge is -2.21. The molecular formula is C43H44F4O10. The lowest BCUT2D eigenvalue weighted by molar-refractivity contribution is -0.130. The van der Waals surface area contributed by atoms with E-state index in [0.29, 0.717) is 52.1 Å². The van der Waals surface area contributed by atoms with Crippen LogP contribution in [0.15, 0.2) is 48.6 Å². The molecule has 2 aliphatic heterocycles. The minimum absolute atomic E-state index is 0.0727. The first-order valence-electron chi connectivity index (χ1n) is 19.3. The summed E-state index contributed by atoms with van der Waals surface area (Å²) in [5.74, 6) is -4.47. The van der Waals surface area contributed by atoms with Crippen LogP contribution in [0.1, 0.15) is 79.0 Å². The molecule has 3 fully saturated rings. The Bertz CT molecular complexity index is 1840. The average Bonchev–Trinajstić information content (AvgIpc) is 4.13. The normalized spacial score (nSPS) is 20.3. The van der Waals surface area contributed by atoms with Crippen LogP contribution in [0.3, 0.4) is 0 Å². The molecule has 0 aromatic heterocycles. The highest BCUT2D eigenvalue weighted by molar-refractivity contribution is 5.90. The van der Waals surface area contributed by atoms with Crippen molar-refractivity contribution in [2.45, 2.75) is 69.0 Å². The largest absolute Gasteiger partial charge is 0.490 e. The maximum atomic E-state index is 14.8. The number of fused-ring (bicyclic) bond motifs is 5. The van der Waals surface area contributed by atoms with Gasteiger partial charge in [-0.05, 0) is 93.2 Å². The Morgan fingerprint density at radius 3 is 1.44 bits per heavy atom. The topological polar surface area (TPSA) is 115 Å². The number of epoxide rings is 2. The third kappa shape index (κ3) is 11.2. The zero-order chi connectivity index (χ0) is 39.7. The summed E-state index contributed by atoms with van der Waals surface area (Å²) in [5, 5.41) is 0. The van der Waals surface area contributed by atoms with E-state index in [4.69, 9.17) is 37.9 Å². The average molecular weight is 797 g/mol. The highest BCUT2D eigenvalue weighted by atomic mass is 19.1. The van der Waals surface area contributed by atoms with Crippen molar-refractivity contribution in [2.24, 2.45) is 0 Å². The number of halogens is 4. The van der Waals surface area contributed by atoms with Crippen molar-refractivity contribution in [1.82, 2.24) is 0 Å². The van der Waals surface area contributed by atoms with Crippen LogP contribution >= 0.6 is 0 Å². The van der Waals surface area contributed by atoms with Gasteiger partial charge in [-0.3, -0.25) is 0 Å². The Morgan fingerprint density at radius 1 is 0.596 bits per heavy atom. The van der Waals surface area contributed by atoms with Crippen LogP contribution in [0.25, 0.3) is 12.2 Å². The molecule has 304 valence electrons. The van der Waals surface area contributed by atoms with Crippen LogP contribution in [-0.4, -0.2) is 77.0 Å². The summed E-state index contributed by atoms with van der Waals surface area (Å²) in [5.41, 5.74) is 1.17. The number of esters is 2. The third-order valence-electron chi connectivity index (χ3n) is 10.1. The van der Waals surface area contributed by atoms with Gasteiger partial charge in [0.1, 0.15) is 35.3 Å². The van der Waals surface area contributed by atoms with Crippen LogP contribution < -0.4 is 18.9 Å². The molecule has 2 saturated heterocycles. The van der Waals surface area contributed by atoms with Crippen molar-refractivity contribution >= 4 is 24.1 Å². The number of carbonyl (C=O) groups excluding carboxylic acids is 2. The number of unbranched alkanes of at least 4 members (excludes halogenated alkanes) is 2. The maximum Gasteiger partial charge on any atom is 0.336 e. The SMILES string of the molecule is O=C(/C=C/c1cc(F)c(OCCCCOCC2CO2)cc1F)Oc1ccc(OC(=O)/C=C/c2cc(F)c(OCCCCOCC3CO3)cc2F)c2c1C1CCC2C1. The molecule has 10 nitrogen and oxygen atoms in total. The van der Waals surface area contributed by atoms with Crippen molar-refractivity contribution in [3.05, 3.63) is 94.1 Å². The Hall–Kier alpha value is -4.76. The van der Waals surface area contributed by atoms with E-state index >= 15 is 0 Å². The number of rotatable bonds is 22. The van der Waals surface area contributed by atoms with Gasteiger partial charge >= 0.3 is 11.9 Å². The second kappa shape index (κ2) is 19.1. The molecule has 3 aromatic carbocycles. The van der Waals surface area contributed by atoms with Crippen molar-refractivity contribution < 1.29 is 65.0 Å². The van der Waals surface area contributed by atoms with E-state index < -0.39 is 35.2 Å². The fourth-order valence-corrected chi connectivity index (χ4v) is 7.02. The first kappa shape index (κ1) is 40.4. The number of hydrogen-bond acceptors (Lipinski definition) is 10. The fourth-order valence-electron chi connectivity index (χ4n) is 7.02.